The molecule has 0 fully saturated rings. The van der Waals surface area contributed by atoms with E-state index in [-0.39, 0.29) is 0 Å². The summed E-state index contributed by atoms with van der Waals surface area (Å²) < 4.78 is 32.5. The van der Waals surface area contributed by atoms with E-state index < -0.39 is 10.0 Å². The van der Waals surface area contributed by atoms with E-state index in [1.807, 2.05) is 6.20 Å². The van der Waals surface area contributed by atoms with Crippen molar-refractivity contribution in [3.63, 3.8) is 0 Å². The van der Waals surface area contributed by atoms with Gasteiger partial charge in [0.1, 0.15) is 5.75 Å². The minimum Gasteiger partial charge on any atom is -0.497 e. The highest BCUT2D eigenvalue weighted by molar-refractivity contribution is 7.92. The lowest BCUT2D eigenvalue weighted by molar-refractivity contribution is 0.415. The van der Waals surface area contributed by atoms with Crippen molar-refractivity contribution in [1.82, 2.24) is 14.4 Å². The number of sulfonamides is 1. The fourth-order valence-electron chi connectivity index (χ4n) is 2.12. The Labute approximate surface area is 127 Å². The van der Waals surface area contributed by atoms with E-state index in [1.165, 1.54) is 7.11 Å². The Morgan fingerprint density at radius 3 is 2.82 bits per heavy atom. The van der Waals surface area contributed by atoms with Gasteiger partial charge in [-0.25, -0.2) is 18.4 Å². The number of nitrogens with zero attached hydrogens (tertiary/aromatic N) is 3. The van der Waals surface area contributed by atoms with Gasteiger partial charge in [-0.05, 0) is 18.2 Å². The zero-order chi connectivity index (χ0) is 15.7. The summed E-state index contributed by atoms with van der Waals surface area (Å²) in [5, 5.41) is 0. The molecule has 2 heterocycles. The van der Waals surface area contributed by atoms with Crippen molar-refractivity contribution in [2.24, 2.45) is 0 Å². The molecule has 0 radical (unpaired) electrons. The van der Waals surface area contributed by atoms with E-state index >= 15 is 0 Å². The van der Waals surface area contributed by atoms with Gasteiger partial charge in [0.2, 0.25) is 15.8 Å². The lowest BCUT2D eigenvalue weighted by Gasteiger charge is -2.10. The van der Waals surface area contributed by atoms with Gasteiger partial charge in [-0.3, -0.25) is 9.12 Å². The first-order chi connectivity index (χ1) is 10.5. The minimum atomic E-state index is -3.42. The number of nitrogens with one attached hydrogen (secondary N) is 1. The molecule has 1 N–H and O–H groups in total. The molecular formula is C14H14N4O3S. The van der Waals surface area contributed by atoms with E-state index in [1.54, 1.807) is 41.1 Å². The SMILES string of the molecule is COc1ccc(-c2cn3cccnc3n2)c(NS(C)(=O)=O)c1. The first-order valence-corrected chi connectivity index (χ1v) is 8.31. The van der Waals surface area contributed by atoms with Crippen LogP contribution in [0.1, 0.15) is 0 Å². The second-order valence-corrected chi connectivity index (χ2v) is 6.49. The zero-order valence-electron chi connectivity index (χ0n) is 12.0. The molecule has 7 nitrogen and oxygen atoms in total. The molecule has 0 amide bonds. The number of methoxy groups -OCH3 is 1. The zero-order valence-corrected chi connectivity index (χ0v) is 12.8. The molecule has 0 saturated carbocycles. The van der Waals surface area contributed by atoms with Gasteiger partial charge in [0.25, 0.3) is 0 Å². The molecule has 0 aliphatic carbocycles. The molecule has 0 atom stereocenters. The topological polar surface area (TPSA) is 85.6 Å². The summed E-state index contributed by atoms with van der Waals surface area (Å²) in [6.07, 6.45) is 6.36. The molecule has 3 rings (SSSR count). The average molecular weight is 318 g/mol. The molecule has 0 aliphatic heterocycles. The van der Waals surface area contributed by atoms with Gasteiger partial charge in [-0.2, -0.15) is 0 Å². The number of rotatable bonds is 4. The Kier molecular flexibility index (Phi) is 3.45. The highest BCUT2D eigenvalue weighted by atomic mass is 32.2. The minimum absolute atomic E-state index is 0.408. The van der Waals surface area contributed by atoms with Gasteiger partial charge in [0.05, 0.1) is 24.7 Å². The number of hydrogen-bond donors (Lipinski definition) is 1. The van der Waals surface area contributed by atoms with Gasteiger partial charge < -0.3 is 4.74 Å². The van der Waals surface area contributed by atoms with Crippen molar-refractivity contribution in [2.45, 2.75) is 0 Å². The Bertz CT molecular complexity index is 901. The normalized spacial score (nSPS) is 11.5. The molecule has 2 aromatic heterocycles. The fourth-order valence-corrected chi connectivity index (χ4v) is 2.69. The third-order valence-corrected chi connectivity index (χ3v) is 3.62. The summed E-state index contributed by atoms with van der Waals surface area (Å²) in [5.41, 5.74) is 1.68. The van der Waals surface area contributed by atoms with E-state index in [4.69, 9.17) is 4.74 Å². The number of imidazole rings is 1. The van der Waals surface area contributed by atoms with Crippen molar-refractivity contribution in [3.8, 4) is 17.0 Å². The van der Waals surface area contributed by atoms with E-state index in [0.717, 1.165) is 6.26 Å². The van der Waals surface area contributed by atoms with Crippen LogP contribution in [0.4, 0.5) is 5.69 Å². The molecule has 1 aromatic carbocycles. The van der Waals surface area contributed by atoms with Gasteiger partial charge in [0.15, 0.2) is 0 Å². The van der Waals surface area contributed by atoms with Crippen LogP contribution in [-0.4, -0.2) is 36.2 Å². The highest BCUT2D eigenvalue weighted by Gasteiger charge is 2.14. The monoisotopic (exact) mass is 318 g/mol. The quantitative estimate of drug-likeness (QED) is 0.792. The van der Waals surface area contributed by atoms with Gasteiger partial charge in [-0.1, -0.05) is 0 Å². The second-order valence-electron chi connectivity index (χ2n) is 4.74. The molecule has 8 heteroatoms. The van der Waals surface area contributed by atoms with Crippen molar-refractivity contribution in [3.05, 3.63) is 42.9 Å². The lowest BCUT2D eigenvalue weighted by Crippen LogP contribution is -2.10. The number of anilines is 1. The summed E-state index contributed by atoms with van der Waals surface area (Å²) in [7, 11) is -1.90. The van der Waals surface area contributed by atoms with Crippen molar-refractivity contribution >= 4 is 21.5 Å². The van der Waals surface area contributed by atoms with Crippen LogP contribution in [0, 0.1) is 0 Å². The number of benzene rings is 1. The van der Waals surface area contributed by atoms with Crippen molar-refractivity contribution < 1.29 is 13.2 Å². The maximum absolute atomic E-state index is 11.6. The second kappa shape index (κ2) is 5.30. The van der Waals surface area contributed by atoms with E-state index in [9.17, 15) is 8.42 Å². The Hall–Kier alpha value is -2.61. The standard InChI is InChI=1S/C14H14N4O3S/c1-21-10-4-5-11(12(8-10)17-22(2,19)20)13-9-18-7-3-6-15-14(18)16-13/h3-9,17H,1-2H3. The number of ether oxygens (including phenoxy) is 1. The van der Waals surface area contributed by atoms with Crippen LogP contribution in [0.3, 0.4) is 0 Å². The maximum atomic E-state index is 11.6. The molecule has 22 heavy (non-hydrogen) atoms. The number of hydrogen-bond acceptors (Lipinski definition) is 5. The highest BCUT2D eigenvalue weighted by Crippen LogP contribution is 2.31. The first-order valence-electron chi connectivity index (χ1n) is 6.42. The lowest BCUT2D eigenvalue weighted by atomic mass is 10.1. The molecule has 3 aromatic rings. The Balaban J connectivity index is 2.16. The van der Waals surface area contributed by atoms with Crippen LogP contribution in [-0.2, 0) is 10.0 Å². The summed E-state index contributed by atoms with van der Waals surface area (Å²) in [6, 6.07) is 6.92. The van der Waals surface area contributed by atoms with Crippen LogP contribution in [0.15, 0.2) is 42.9 Å². The van der Waals surface area contributed by atoms with Gasteiger partial charge in [0, 0.05) is 30.2 Å². The Morgan fingerprint density at radius 1 is 1.32 bits per heavy atom. The molecule has 0 saturated heterocycles. The smallest absolute Gasteiger partial charge is 0.234 e. The van der Waals surface area contributed by atoms with Crippen LogP contribution in [0.25, 0.3) is 17.0 Å². The fraction of sp³-hybridized carbons (Fsp3) is 0.143. The molecule has 114 valence electrons. The van der Waals surface area contributed by atoms with Crippen LogP contribution in [0.5, 0.6) is 5.75 Å². The van der Waals surface area contributed by atoms with Gasteiger partial charge >= 0.3 is 0 Å². The van der Waals surface area contributed by atoms with E-state index in [2.05, 4.69) is 14.7 Å². The number of aromatic nitrogens is 3. The summed E-state index contributed by atoms with van der Waals surface area (Å²) in [6.45, 7) is 0. The summed E-state index contributed by atoms with van der Waals surface area (Å²) in [5.74, 6) is 1.09. The molecular weight excluding hydrogens is 304 g/mol. The predicted molar refractivity (Wildman–Crippen MR) is 83.4 cm³/mol. The van der Waals surface area contributed by atoms with Crippen LogP contribution >= 0.6 is 0 Å². The molecule has 0 spiro atoms. The summed E-state index contributed by atoms with van der Waals surface area (Å²) >= 11 is 0. The first kappa shape index (κ1) is 14.3. The predicted octanol–water partition coefficient (Wildman–Crippen LogP) is 1.78. The van der Waals surface area contributed by atoms with Crippen molar-refractivity contribution in [1.29, 1.82) is 0 Å². The molecule has 0 aliphatic rings. The number of fused-ring (bicyclic) bond motifs is 1. The Morgan fingerprint density at radius 2 is 2.14 bits per heavy atom. The van der Waals surface area contributed by atoms with E-state index in [0.29, 0.717) is 28.5 Å². The van der Waals surface area contributed by atoms with Gasteiger partial charge in [-0.15, -0.1) is 0 Å². The largest absolute Gasteiger partial charge is 0.497 e. The third-order valence-electron chi connectivity index (χ3n) is 3.03. The summed E-state index contributed by atoms with van der Waals surface area (Å²) in [4.78, 5) is 8.56. The van der Waals surface area contributed by atoms with Crippen LogP contribution in [0.2, 0.25) is 0 Å². The maximum Gasteiger partial charge on any atom is 0.234 e. The van der Waals surface area contributed by atoms with Crippen molar-refractivity contribution in [2.75, 3.05) is 18.1 Å². The molecule has 0 unspecified atom stereocenters. The third kappa shape index (κ3) is 2.86. The molecule has 0 bridgehead atoms. The average Bonchev–Trinajstić information content (AvgIpc) is 2.89. The van der Waals surface area contributed by atoms with Crippen LogP contribution < -0.4 is 9.46 Å².